The number of nitrogens with one attached hydrogen (secondary N) is 2. The Kier molecular flexibility index (Phi) is 7.42. The number of guanidine groups is 1. The number of carbonyl (C=O) groups excluding carboxylic acids is 1. The Morgan fingerprint density at radius 3 is 2.75 bits per heavy atom. The lowest BCUT2D eigenvalue weighted by atomic mass is 10.4. The molecular formula is C13H21IN4O2. The minimum Gasteiger partial charge on any atom is -0.467 e. The summed E-state index contributed by atoms with van der Waals surface area (Å²) in [5.74, 6) is 1.55. The predicted molar refractivity (Wildman–Crippen MR) is 88.1 cm³/mol. The van der Waals surface area contributed by atoms with Gasteiger partial charge in [0.05, 0.1) is 19.4 Å². The first-order valence-electron chi connectivity index (χ1n) is 6.54. The highest BCUT2D eigenvalue weighted by Crippen LogP contribution is 2.06. The van der Waals surface area contributed by atoms with Crippen LogP contribution in [-0.4, -0.2) is 43.4 Å². The highest BCUT2D eigenvalue weighted by atomic mass is 127. The number of hydrogen-bond acceptors (Lipinski definition) is 3. The van der Waals surface area contributed by atoms with Crippen LogP contribution in [-0.2, 0) is 11.3 Å². The van der Waals surface area contributed by atoms with E-state index in [0.29, 0.717) is 12.5 Å². The number of amides is 1. The summed E-state index contributed by atoms with van der Waals surface area (Å²) < 4.78 is 5.21. The molecule has 7 heteroatoms. The zero-order valence-corrected chi connectivity index (χ0v) is 13.9. The van der Waals surface area contributed by atoms with Gasteiger partial charge < -0.3 is 20.0 Å². The molecular weight excluding hydrogens is 371 g/mol. The highest BCUT2D eigenvalue weighted by molar-refractivity contribution is 14.0. The van der Waals surface area contributed by atoms with Crippen molar-refractivity contribution < 1.29 is 9.21 Å². The van der Waals surface area contributed by atoms with Gasteiger partial charge in [0, 0.05) is 20.1 Å². The van der Waals surface area contributed by atoms with Crippen molar-refractivity contribution >= 4 is 35.8 Å². The van der Waals surface area contributed by atoms with Gasteiger partial charge in [0.2, 0.25) is 5.91 Å². The standard InChI is InChI=1S/C13H20N4O2.HI/c1-14-13(15-9-11-5-4-8-19-11)16-10-12(18)17-6-2-3-7-17;/h4-5,8H,2-3,6-7,9-10H2,1H3,(H2,14,15,16);1H. The lowest BCUT2D eigenvalue weighted by Crippen LogP contribution is -2.43. The van der Waals surface area contributed by atoms with Crippen LogP contribution >= 0.6 is 24.0 Å². The van der Waals surface area contributed by atoms with Gasteiger partial charge >= 0.3 is 0 Å². The largest absolute Gasteiger partial charge is 0.467 e. The molecule has 1 saturated heterocycles. The van der Waals surface area contributed by atoms with Gasteiger partial charge in [-0.05, 0) is 25.0 Å². The molecule has 0 aromatic carbocycles. The maximum Gasteiger partial charge on any atom is 0.241 e. The Morgan fingerprint density at radius 1 is 1.40 bits per heavy atom. The molecule has 6 nitrogen and oxygen atoms in total. The zero-order valence-electron chi connectivity index (χ0n) is 11.6. The van der Waals surface area contributed by atoms with Crippen LogP contribution in [0.25, 0.3) is 0 Å². The number of rotatable bonds is 4. The third-order valence-corrected chi connectivity index (χ3v) is 3.10. The fourth-order valence-corrected chi connectivity index (χ4v) is 2.04. The second-order valence-electron chi connectivity index (χ2n) is 4.45. The lowest BCUT2D eigenvalue weighted by Gasteiger charge is -2.17. The van der Waals surface area contributed by atoms with Crippen LogP contribution in [0, 0.1) is 0 Å². The van der Waals surface area contributed by atoms with Gasteiger partial charge in [-0.3, -0.25) is 9.79 Å². The summed E-state index contributed by atoms with van der Waals surface area (Å²) in [6.07, 6.45) is 3.85. The van der Waals surface area contributed by atoms with E-state index in [4.69, 9.17) is 4.42 Å². The number of carbonyl (C=O) groups is 1. The van der Waals surface area contributed by atoms with Crippen molar-refractivity contribution in [3.63, 3.8) is 0 Å². The minimum atomic E-state index is 0. The van der Waals surface area contributed by atoms with Crippen LogP contribution in [0.4, 0.5) is 0 Å². The summed E-state index contributed by atoms with van der Waals surface area (Å²) >= 11 is 0. The van der Waals surface area contributed by atoms with Gasteiger partial charge in [-0.2, -0.15) is 0 Å². The second kappa shape index (κ2) is 8.83. The molecule has 1 aromatic heterocycles. The van der Waals surface area contributed by atoms with Crippen LogP contribution in [0.2, 0.25) is 0 Å². The Bertz CT molecular complexity index is 428. The molecule has 2 N–H and O–H groups in total. The summed E-state index contributed by atoms with van der Waals surface area (Å²) in [5.41, 5.74) is 0. The van der Waals surface area contributed by atoms with E-state index >= 15 is 0 Å². The Hall–Kier alpha value is -1.25. The number of furan rings is 1. The zero-order chi connectivity index (χ0) is 13.5. The molecule has 0 bridgehead atoms. The van der Waals surface area contributed by atoms with Crippen LogP contribution in [0.3, 0.4) is 0 Å². The van der Waals surface area contributed by atoms with Crippen molar-refractivity contribution in [1.29, 1.82) is 0 Å². The van der Waals surface area contributed by atoms with Crippen molar-refractivity contribution in [1.82, 2.24) is 15.5 Å². The van der Waals surface area contributed by atoms with E-state index in [1.165, 1.54) is 0 Å². The Morgan fingerprint density at radius 2 is 2.15 bits per heavy atom. The van der Waals surface area contributed by atoms with Crippen LogP contribution in [0.5, 0.6) is 0 Å². The molecule has 0 spiro atoms. The fourth-order valence-electron chi connectivity index (χ4n) is 2.04. The van der Waals surface area contributed by atoms with E-state index in [-0.39, 0.29) is 36.4 Å². The molecule has 1 fully saturated rings. The van der Waals surface area contributed by atoms with Gasteiger partial charge in [-0.1, -0.05) is 0 Å². The molecule has 2 rings (SSSR count). The summed E-state index contributed by atoms with van der Waals surface area (Å²) in [7, 11) is 1.68. The molecule has 0 saturated carbocycles. The second-order valence-corrected chi connectivity index (χ2v) is 4.45. The van der Waals surface area contributed by atoms with Gasteiger partial charge in [-0.25, -0.2) is 0 Å². The molecule has 112 valence electrons. The van der Waals surface area contributed by atoms with Gasteiger partial charge in [0.15, 0.2) is 5.96 Å². The van der Waals surface area contributed by atoms with Crippen LogP contribution in [0.15, 0.2) is 27.8 Å². The van der Waals surface area contributed by atoms with E-state index in [2.05, 4.69) is 15.6 Å². The maximum atomic E-state index is 11.9. The molecule has 0 aliphatic carbocycles. The molecule has 1 aliphatic heterocycles. The molecule has 1 amide bonds. The number of aliphatic imine (C=N–C) groups is 1. The van der Waals surface area contributed by atoms with Crippen molar-refractivity contribution in [3.05, 3.63) is 24.2 Å². The Balaban J connectivity index is 0.00000200. The van der Waals surface area contributed by atoms with Crippen molar-refractivity contribution in [2.24, 2.45) is 4.99 Å². The average molecular weight is 392 g/mol. The summed E-state index contributed by atoms with van der Waals surface area (Å²) in [6.45, 7) is 2.57. The molecule has 1 aliphatic rings. The normalized spacial score (nSPS) is 14.8. The van der Waals surface area contributed by atoms with E-state index < -0.39 is 0 Å². The van der Waals surface area contributed by atoms with E-state index in [0.717, 1.165) is 31.7 Å². The summed E-state index contributed by atoms with van der Waals surface area (Å²) in [6, 6.07) is 3.72. The van der Waals surface area contributed by atoms with Gasteiger partial charge in [0.1, 0.15) is 5.76 Å². The highest BCUT2D eigenvalue weighted by Gasteiger charge is 2.17. The third-order valence-electron chi connectivity index (χ3n) is 3.10. The molecule has 20 heavy (non-hydrogen) atoms. The maximum absolute atomic E-state index is 11.9. The summed E-state index contributed by atoms with van der Waals surface area (Å²) in [4.78, 5) is 17.8. The quantitative estimate of drug-likeness (QED) is 0.459. The molecule has 0 radical (unpaired) electrons. The Labute approximate surface area is 136 Å². The van der Waals surface area contributed by atoms with Crippen molar-refractivity contribution in [3.8, 4) is 0 Å². The summed E-state index contributed by atoms with van der Waals surface area (Å²) in [5, 5.41) is 6.11. The van der Waals surface area contributed by atoms with Crippen LogP contribution in [0.1, 0.15) is 18.6 Å². The van der Waals surface area contributed by atoms with Gasteiger partial charge in [0.25, 0.3) is 0 Å². The first kappa shape index (κ1) is 16.8. The number of likely N-dealkylation sites (tertiary alicyclic amines) is 1. The molecule has 0 atom stereocenters. The van der Waals surface area contributed by atoms with Crippen molar-refractivity contribution in [2.45, 2.75) is 19.4 Å². The van der Waals surface area contributed by atoms with E-state index in [1.807, 2.05) is 17.0 Å². The third kappa shape index (κ3) is 5.03. The molecule has 1 aromatic rings. The number of nitrogens with zero attached hydrogens (tertiary/aromatic N) is 2. The lowest BCUT2D eigenvalue weighted by molar-refractivity contribution is -0.128. The first-order chi connectivity index (χ1) is 9.29. The minimum absolute atomic E-state index is 0. The fraction of sp³-hybridized carbons (Fsp3) is 0.538. The molecule has 2 heterocycles. The molecule has 0 unspecified atom stereocenters. The van der Waals surface area contributed by atoms with E-state index in [9.17, 15) is 4.79 Å². The topological polar surface area (TPSA) is 69.9 Å². The monoisotopic (exact) mass is 392 g/mol. The SMILES string of the molecule is CN=C(NCC(=O)N1CCCC1)NCc1ccco1.I. The van der Waals surface area contributed by atoms with Gasteiger partial charge in [-0.15, -0.1) is 24.0 Å². The van der Waals surface area contributed by atoms with Crippen molar-refractivity contribution in [2.75, 3.05) is 26.7 Å². The van der Waals surface area contributed by atoms with E-state index in [1.54, 1.807) is 13.3 Å². The average Bonchev–Trinajstić information content (AvgIpc) is 3.11. The number of halogens is 1. The first-order valence-corrected chi connectivity index (χ1v) is 6.54. The smallest absolute Gasteiger partial charge is 0.241 e. The number of hydrogen-bond donors (Lipinski definition) is 2. The van der Waals surface area contributed by atoms with Crippen LogP contribution < -0.4 is 10.6 Å². The predicted octanol–water partition coefficient (Wildman–Crippen LogP) is 1.18.